The molecule has 110 valence electrons. The maximum Gasteiger partial charge on any atom is 0.274 e. The number of nitrogens with zero attached hydrogens (tertiary/aromatic N) is 1. The molecule has 3 aromatic rings. The van der Waals surface area contributed by atoms with Gasteiger partial charge >= 0.3 is 0 Å². The lowest BCUT2D eigenvalue weighted by atomic mass is 10.0. The van der Waals surface area contributed by atoms with Crippen LogP contribution < -0.4 is 5.56 Å². The number of para-hydroxylation sites is 2. The fraction of sp³-hybridized carbons (Fsp3) is 0.111. The molecule has 0 atom stereocenters. The zero-order valence-corrected chi connectivity index (χ0v) is 12.4. The highest BCUT2D eigenvalue weighted by atomic mass is 16.3. The van der Waals surface area contributed by atoms with Gasteiger partial charge < -0.3 is 10.1 Å². The number of aryl methyl sites for hydroxylation is 2. The van der Waals surface area contributed by atoms with E-state index >= 15 is 0 Å². The number of aliphatic hydroxyl groups is 1. The van der Waals surface area contributed by atoms with Crippen LogP contribution in [0.15, 0.2) is 47.3 Å². The molecule has 0 aliphatic heterocycles. The highest BCUT2D eigenvalue weighted by molar-refractivity contribution is 5.79. The summed E-state index contributed by atoms with van der Waals surface area (Å²) in [6.45, 7) is 3.91. The van der Waals surface area contributed by atoms with Crippen LogP contribution in [0.3, 0.4) is 0 Å². The second-order valence-corrected chi connectivity index (χ2v) is 5.32. The molecule has 0 aliphatic carbocycles. The summed E-state index contributed by atoms with van der Waals surface area (Å²) < 4.78 is 0. The SMILES string of the molecule is Cc1ccc(/C(O)=C\c2nc3ccccc3[nH]c2=O)c(C)c1. The first kappa shape index (κ1) is 14.1. The molecule has 0 saturated carbocycles. The molecule has 4 nitrogen and oxygen atoms in total. The summed E-state index contributed by atoms with van der Waals surface area (Å²) >= 11 is 0. The van der Waals surface area contributed by atoms with Crippen LogP contribution in [0.5, 0.6) is 0 Å². The van der Waals surface area contributed by atoms with Gasteiger partial charge in [-0.2, -0.15) is 0 Å². The van der Waals surface area contributed by atoms with Gasteiger partial charge in [-0.25, -0.2) is 4.98 Å². The minimum atomic E-state index is -0.324. The zero-order chi connectivity index (χ0) is 15.7. The topological polar surface area (TPSA) is 66.0 Å². The van der Waals surface area contributed by atoms with Crippen LogP contribution in [0.25, 0.3) is 22.9 Å². The van der Waals surface area contributed by atoms with E-state index in [1.165, 1.54) is 6.08 Å². The summed E-state index contributed by atoms with van der Waals surface area (Å²) in [7, 11) is 0. The highest BCUT2D eigenvalue weighted by Crippen LogP contribution is 2.19. The molecule has 22 heavy (non-hydrogen) atoms. The molecular weight excluding hydrogens is 276 g/mol. The smallest absolute Gasteiger partial charge is 0.274 e. The van der Waals surface area contributed by atoms with E-state index in [-0.39, 0.29) is 17.0 Å². The quantitative estimate of drug-likeness (QED) is 0.709. The van der Waals surface area contributed by atoms with E-state index in [1.54, 1.807) is 6.07 Å². The lowest BCUT2D eigenvalue weighted by Crippen LogP contribution is -2.12. The number of hydrogen-bond acceptors (Lipinski definition) is 3. The fourth-order valence-corrected chi connectivity index (χ4v) is 2.45. The highest BCUT2D eigenvalue weighted by Gasteiger charge is 2.07. The summed E-state index contributed by atoms with van der Waals surface area (Å²) in [5.74, 6) is 0.0331. The fourth-order valence-electron chi connectivity index (χ4n) is 2.45. The molecule has 0 spiro atoms. The van der Waals surface area contributed by atoms with Crippen molar-refractivity contribution in [3.63, 3.8) is 0 Å². The zero-order valence-electron chi connectivity index (χ0n) is 12.4. The van der Waals surface area contributed by atoms with Gasteiger partial charge in [-0.05, 0) is 31.5 Å². The number of benzene rings is 2. The van der Waals surface area contributed by atoms with Crippen molar-refractivity contribution in [2.45, 2.75) is 13.8 Å². The van der Waals surface area contributed by atoms with Crippen molar-refractivity contribution in [1.82, 2.24) is 9.97 Å². The molecule has 2 N–H and O–H groups in total. The van der Waals surface area contributed by atoms with Gasteiger partial charge in [0.2, 0.25) is 0 Å². The van der Waals surface area contributed by atoms with Crippen LogP contribution in [-0.2, 0) is 0 Å². The van der Waals surface area contributed by atoms with Gasteiger partial charge in [-0.1, -0.05) is 35.9 Å². The first-order chi connectivity index (χ1) is 10.5. The lowest BCUT2D eigenvalue weighted by molar-refractivity contribution is 0.514. The second-order valence-electron chi connectivity index (χ2n) is 5.32. The third kappa shape index (κ3) is 2.63. The Hall–Kier alpha value is -2.88. The molecule has 0 unspecified atom stereocenters. The molecule has 0 fully saturated rings. The predicted octanol–water partition coefficient (Wildman–Crippen LogP) is 3.60. The number of fused-ring (bicyclic) bond motifs is 1. The molecule has 0 amide bonds. The molecule has 0 bridgehead atoms. The van der Waals surface area contributed by atoms with Gasteiger partial charge in [0, 0.05) is 11.6 Å². The Morgan fingerprint density at radius 3 is 2.73 bits per heavy atom. The van der Waals surface area contributed by atoms with E-state index in [4.69, 9.17) is 0 Å². The van der Waals surface area contributed by atoms with Crippen molar-refractivity contribution in [1.29, 1.82) is 0 Å². The summed E-state index contributed by atoms with van der Waals surface area (Å²) in [6, 6.07) is 13.0. The van der Waals surface area contributed by atoms with Gasteiger partial charge in [-0.15, -0.1) is 0 Å². The molecule has 0 saturated heterocycles. The van der Waals surface area contributed by atoms with Crippen molar-refractivity contribution >= 4 is 22.9 Å². The third-order valence-corrected chi connectivity index (χ3v) is 3.56. The van der Waals surface area contributed by atoms with Crippen molar-refractivity contribution in [3.8, 4) is 0 Å². The number of H-pyrrole nitrogens is 1. The maximum absolute atomic E-state index is 12.1. The molecule has 2 aromatic carbocycles. The lowest BCUT2D eigenvalue weighted by Gasteiger charge is -2.06. The van der Waals surface area contributed by atoms with E-state index in [9.17, 15) is 9.90 Å². The van der Waals surface area contributed by atoms with E-state index in [0.717, 1.165) is 11.1 Å². The Morgan fingerprint density at radius 2 is 1.95 bits per heavy atom. The summed E-state index contributed by atoms with van der Waals surface area (Å²) in [5, 5.41) is 10.3. The van der Waals surface area contributed by atoms with Crippen LogP contribution in [0.2, 0.25) is 0 Å². The Balaban J connectivity index is 2.11. The summed E-state index contributed by atoms with van der Waals surface area (Å²) in [4.78, 5) is 19.1. The number of aromatic nitrogens is 2. The Morgan fingerprint density at radius 1 is 1.18 bits per heavy atom. The van der Waals surface area contributed by atoms with Crippen molar-refractivity contribution in [2.24, 2.45) is 0 Å². The van der Waals surface area contributed by atoms with Crippen LogP contribution in [0.4, 0.5) is 0 Å². The van der Waals surface area contributed by atoms with Crippen molar-refractivity contribution in [3.05, 3.63) is 75.2 Å². The standard InChI is InChI=1S/C18H16N2O2/c1-11-7-8-13(12(2)9-11)17(21)10-16-18(22)20-15-6-4-3-5-14(15)19-16/h3-10,21H,1-2H3,(H,20,22)/b17-10+. The first-order valence-corrected chi connectivity index (χ1v) is 7.02. The normalized spacial score (nSPS) is 11.8. The van der Waals surface area contributed by atoms with Crippen molar-refractivity contribution in [2.75, 3.05) is 0 Å². The number of rotatable bonds is 2. The van der Waals surface area contributed by atoms with E-state index in [0.29, 0.717) is 16.6 Å². The minimum Gasteiger partial charge on any atom is -0.507 e. The maximum atomic E-state index is 12.1. The Kier molecular flexibility index (Phi) is 3.51. The average Bonchev–Trinajstić information content (AvgIpc) is 2.47. The van der Waals surface area contributed by atoms with Crippen molar-refractivity contribution < 1.29 is 5.11 Å². The second kappa shape index (κ2) is 5.48. The monoisotopic (exact) mass is 292 g/mol. The van der Waals surface area contributed by atoms with Gasteiger partial charge in [0.1, 0.15) is 11.5 Å². The Bertz CT molecular complexity index is 939. The van der Waals surface area contributed by atoms with Gasteiger partial charge in [-0.3, -0.25) is 4.79 Å². The predicted molar refractivity (Wildman–Crippen MR) is 88.8 cm³/mol. The molecular formula is C18H16N2O2. The van der Waals surface area contributed by atoms with Gasteiger partial charge in [0.25, 0.3) is 5.56 Å². The number of aromatic amines is 1. The number of nitrogens with one attached hydrogen (secondary N) is 1. The molecule has 0 radical (unpaired) electrons. The molecule has 1 heterocycles. The minimum absolute atomic E-state index is 0.0331. The van der Waals surface area contributed by atoms with Crippen LogP contribution in [0.1, 0.15) is 22.4 Å². The van der Waals surface area contributed by atoms with E-state index in [2.05, 4.69) is 9.97 Å². The van der Waals surface area contributed by atoms with Crippen LogP contribution >= 0.6 is 0 Å². The van der Waals surface area contributed by atoms with E-state index in [1.807, 2.05) is 50.2 Å². The Labute approximate surface area is 127 Å². The van der Waals surface area contributed by atoms with Gasteiger partial charge in [0.15, 0.2) is 0 Å². The number of hydrogen-bond donors (Lipinski definition) is 2. The molecule has 1 aromatic heterocycles. The van der Waals surface area contributed by atoms with E-state index < -0.39 is 0 Å². The first-order valence-electron chi connectivity index (χ1n) is 7.02. The summed E-state index contributed by atoms with van der Waals surface area (Å²) in [6.07, 6.45) is 1.41. The van der Waals surface area contributed by atoms with Crippen LogP contribution in [0, 0.1) is 13.8 Å². The average molecular weight is 292 g/mol. The molecule has 4 heteroatoms. The van der Waals surface area contributed by atoms with Crippen LogP contribution in [-0.4, -0.2) is 15.1 Å². The largest absolute Gasteiger partial charge is 0.507 e. The molecule has 0 aliphatic rings. The number of aliphatic hydroxyl groups excluding tert-OH is 1. The van der Waals surface area contributed by atoms with Gasteiger partial charge in [0.05, 0.1) is 11.0 Å². The molecule has 3 rings (SSSR count). The third-order valence-electron chi connectivity index (χ3n) is 3.56. The summed E-state index contributed by atoms with van der Waals surface area (Å²) in [5.41, 5.74) is 3.99.